The van der Waals surface area contributed by atoms with Crippen molar-refractivity contribution in [1.29, 1.82) is 0 Å². The first kappa shape index (κ1) is 7.23. The highest BCUT2D eigenvalue weighted by molar-refractivity contribution is 5.24. The Hall–Kier alpha value is -1.20. The molecule has 5 nitrogen and oxygen atoms in total. The van der Waals surface area contributed by atoms with Crippen molar-refractivity contribution in [1.82, 2.24) is 5.32 Å². The van der Waals surface area contributed by atoms with E-state index in [2.05, 4.69) is 5.32 Å². The summed E-state index contributed by atoms with van der Waals surface area (Å²) in [5.41, 5.74) is 0.0101. The highest BCUT2D eigenvalue weighted by Crippen LogP contribution is 2.16. The van der Waals surface area contributed by atoms with Gasteiger partial charge >= 0.3 is 0 Å². The van der Waals surface area contributed by atoms with E-state index >= 15 is 0 Å². The van der Waals surface area contributed by atoms with Gasteiger partial charge < -0.3 is 10.1 Å². The molecule has 5 heteroatoms. The monoisotopic (exact) mass is 183 g/mol. The average molecular weight is 183 g/mol. The summed E-state index contributed by atoms with van der Waals surface area (Å²) in [6.45, 7) is 1.06. The third-order valence-electron chi connectivity index (χ3n) is 2.01. The van der Waals surface area contributed by atoms with E-state index in [9.17, 15) is 10.1 Å². The molecule has 0 aromatic heterocycles. The second-order valence-corrected chi connectivity index (χ2v) is 2.86. The number of nitro groups is 1. The Morgan fingerprint density at radius 2 is 2.69 bits per heavy atom. The number of rotatable bonds is 1. The summed E-state index contributed by atoms with van der Waals surface area (Å²) >= 11 is 0. The van der Waals surface area contributed by atoms with Crippen molar-refractivity contribution in [2.75, 3.05) is 13.2 Å². The number of allylic oxidation sites excluding steroid dienone is 1. The van der Waals surface area contributed by atoms with E-state index in [1.165, 1.54) is 18.2 Å². The Kier molecular flexibility index (Phi) is 1.82. The lowest BCUT2D eigenvalue weighted by molar-refractivity contribution is -0.419. The maximum atomic E-state index is 10.5. The van der Waals surface area contributed by atoms with Gasteiger partial charge in [-0.15, -0.1) is 0 Å². The van der Waals surface area contributed by atoms with Gasteiger partial charge in [0.15, 0.2) is 0 Å². The molecule has 70 valence electrons. The molecule has 0 amide bonds. The van der Waals surface area contributed by atoms with Crippen LogP contribution in [-0.4, -0.2) is 30.2 Å². The predicted molar refractivity (Wildman–Crippen MR) is 45.7 cm³/mol. The first-order valence-electron chi connectivity index (χ1n) is 4.55. The standard InChI is InChI=1S/C8H10N2O3/c11-10(12)6-1-2-8-7(5-6)9-3-4-13-8/h1-2,5,7-9H,3-4H2/i8D. The van der Waals surface area contributed by atoms with Crippen LogP contribution in [0.25, 0.3) is 0 Å². The zero-order chi connectivity index (χ0) is 10.2. The molecular weight excluding hydrogens is 172 g/mol. The quantitative estimate of drug-likeness (QED) is 0.461. The maximum Gasteiger partial charge on any atom is 0.266 e. The van der Waals surface area contributed by atoms with Gasteiger partial charge in [0.25, 0.3) is 5.70 Å². The number of fused-ring (bicyclic) bond motifs is 1. The van der Waals surface area contributed by atoms with Crippen LogP contribution in [0.15, 0.2) is 23.9 Å². The van der Waals surface area contributed by atoms with Crippen molar-refractivity contribution < 1.29 is 11.0 Å². The number of ether oxygens (including phenoxy) is 1. The van der Waals surface area contributed by atoms with Crippen LogP contribution in [0.4, 0.5) is 0 Å². The molecule has 2 unspecified atom stereocenters. The number of hydrogen-bond acceptors (Lipinski definition) is 4. The molecule has 1 aliphatic heterocycles. The van der Waals surface area contributed by atoms with Gasteiger partial charge in [-0.2, -0.15) is 0 Å². The molecule has 2 aliphatic rings. The summed E-state index contributed by atoms with van der Waals surface area (Å²) in [5, 5.41) is 13.5. The van der Waals surface area contributed by atoms with Gasteiger partial charge in [-0.1, -0.05) is 0 Å². The topological polar surface area (TPSA) is 64.4 Å². The van der Waals surface area contributed by atoms with E-state index in [1.54, 1.807) is 0 Å². The first-order chi connectivity index (χ1) is 6.62. The molecular formula is C8H10N2O3. The van der Waals surface area contributed by atoms with Crippen molar-refractivity contribution in [3.05, 3.63) is 34.0 Å². The van der Waals surface area contributed by atoms with Crippen LogP contribution in [-0.2, 0) is 4.74 Å². The van der Waals surface area contributed by atoms with Crippen molar-refractivity contribution in [2.45, 2.75) is 12.1 Å². The van der Waals surface area contributed by atoms with Crippen LogP contribution in [0.5, 0.6) is 0 Å². The van der Waals surface area contributed by atoms with Crippen LogP contribution in [0.2, 0.25) is 0 Å². The molecule has 0 spiro atoms. The molecule has 0 saturated carbocycles. The minimum absolute atomic E-state index is 0.0101. The molecule has 1 heterocycles. The fraction of sp³-hybridized carbons (Fsp3) is 0.500. The normalized spacial score (nSPS) is 38.9. The van der Waals surface area contributed by atoms with Crippen molar-refractivity contribution in [3.63, 3.8) is 0 Å². The van der Waals surface area contributed by atoms with E-state index in [0.29, 0.717) is 13.2 Å². The summed E-state index contributed by atoms with van der Waals surface area (Å²) in [6, 6.07) is -0.429. The SMILES string of the molecule is [2H]C12C=CC([N+](=O)[O-])=CC1NCCO2. The minimum Gasteiger partial charge on any atom is -0.371 e. The molecule has 0 bridgehead atoms. The van der Waals surface area contributed by atoms with Gasteiger partial charge in [-0.25, -0.2) is 0 Å². The van der Waals surface area contributed by atoms with Gasteiger partial charge in [-0.3, -0.25) is 10.1 Å². The minimum atomic E-state index is -1.18. The highest BCUT2D eigenvalue weighted by atomic mass is 16.6. The molecule has 1 fully saturated rings. The molecule has 2 rings (SSSR count). The molecule has 0 aromatic rings. The number of hydrogen-bond donors (Lipinski definition) is 1. The Morgan fingerprint density at radius 1 is 1.85 bits per heavy atom. The smallest absolute Gasteiger partial charge is 0.266 e. The second-order valence-electron chi connectivity index (χ2n) is 2.86. The van der Waals surface area contributed by atoms with E-state index in [-0.39, 0.29) is 5.70 Å². The van der Waals surface area contributed by atoms with Gasteiger partial charge in [-0.05, 0) is 6.08 Å². The molecule has 1 N–H and O–H groups in total. The molecule has 0 radical (unpaired) electrons. The molecule has 0 aromatic carbocycles. The van der Waals surface area contributed by atoms with E-state index in [0.717, 1.165) is 0 Å². The largest absolute Gasteiger partial charge is 0.371 e. The van der Waals surface area contributed by atoms with E-state index in [1.807, 2.05) is 0 Å². The van der Waals surface area contributed by atoms with Gasteiger partial charge in [0.1, 0.15) is 0 Å². The van der Waals surface area contributed by atoms with Crippen LogP contribution in [0.3, 0.4) is 0 Å². The second kappa shape index (κ2) is 3.27. The summed E-state index contributed by atoms with van der Waals surface area (Å²) in [5.74, 6) is 0. The number of nitrogens with one attached hydrogen (secondary N) is 1. The Balaban J connectivity index is 2.26. The Labute approximate surface area is 76.6 Å². The number of nitrogens with zero attached hydrogens (tertiary/aromatic N) is 1. The lowest BCUT2D eigenvalue weighted by Gasteiger charge is -2.29. The Bertz CT molecular complexity index is 329. The van der Waals surface area contributed by atoms with Crippen molar-refractivity contribution >= 4 is 0 Å². The van der Waals surface area contributed by atoms with Crippen molar-refractivity contribution in [3.8, 4) is 0 Å². The third kappa shape index (κ3) is 1.61. The van der Waals surface area contributed by atoms with Gasteiger partial charge in [0.05, 0.1) is 25.0 Å². The van der Waals surface area contributed by atoms with Crippen molar-refractivity contribution in [2.24, 2.45) is 0 Å². The summed E-state index contributed by atoms with van der Waals surface area (Å²) in [4.78, 5) is 10.0. The third-order valence-corrected chi connectivity index (χ3v) is 2.01. The van der Waals surface area contributed by atoms with Crippen LogP contribution in [0, 0.1) is 10.1 Å². The fourth-order valence-electron chi connectivity index (χ4n) is 1.38. The predicted octanol–water partition coefficient (Wildman–Crippen LogP) is 0.0738. The summed E-state index contributed by atoms with van der Waals surface area (Å²) in [7, 11) is 0. The van der Waals surface area contributed by atoms with Gasteiger partial charge in [0, 0.05) is 18.7 Å². The maximum absolute atomic E-state index is 10.5. The molecule has 13 heavy (non-hydrogen) atoms. The fourth-order valence-corrected chi connectivity index (χ4v) is 1.38. The molecule has 2 atom stereocenters. The molecule has 1 aliphatic carbocycles. The molecule has 1 saturated heterocycles. The number of morpholine rings is 1. The zero-order valence-corrected chi connectivity index (χ0v) is 6.90. The van der Waals surface area contributed by atoms with Gasteiger partial charge in [0.2, 0.25) is 0 Å². The van der Waals surface area contributed by atoms with E-state index < -0.39 is 17.0 Å². The van der Waals surface area contributed by atoms with Crippen LogP contribution in [0.1, 0.15) is 1.37 Å². The van der Waals surface area contributed by atoms with E-state index in [4.69, 9.17) is 6.11 Å². The van der Waals surface area contributed by atoms with Crippen LogP contribution < -0.4 is 5.32 Å². The lowest BCUT2D eigenvalue weighted by Crippen LogP contribution is -2.47. The Morgan fingerprint density at radius 3 is 3.46 bits per heavy atom. The first-order valence-corrected chi connectivity index (χ1v) is 4.05. The summed E-state index contributed by atoms with van der Waals surface area (Å²) in [6.07, 6.45) is 2.97. The zero-order valence-electron chi connectivity index (χ0n) is 7.90. The summed E-state index contributed by atoms with van der Waals surface area (Å²) < 4.78 is 13.1. The lowest BCUT2D eigenvalue weighted by atomic mass is 10.0. The average Bonchev–Trinajstić information content (AvgIpc) is 2.16. The van der Waals surface area contributed by atoms with Crippen LogP contribution >= 0.6 is 0 Å². The highest BCUT2D eigenvalue weighted by Gasteiger charge is 2.27.